The van der Waals surface area contributed by atoms with Crippen molar-refractivity contribution >= 4 is 11.9 Å². The molecule has 0 saturated heterocycles. The summed E-state index contributed by atoms with van der Waals surface area (Å²) >= 11 is 0. The Labute approximate surface area is 76.9 Å². The van der Waals surface area contributed by atoms with E-state index in [1.807, 2.05) is 13.8 Å². The van der Waals surface area contributed by atoms with Crippen molar-refractivity contribution < 1.29 is 19.8 Å². The van der Waals surface area contributed by atoms with Crippen LogP contribution in [-0.2, 0) is 9.59 Å². The number of aliphatic carboxylic acids is 2. The predicted molar refractivity (Wildman–Crippen MR) is 47.4 cm³/mol. The standard InChI is InChI=1S/C9H14O4/c1-6(2)7(5-9(12)13)3-4-8(10)11/h3-4,6-7H,5H2,1-2H3,(H,10,11)(H,12,13)/b4-3+. The number of hydrogen-bond donors (Lipinski definition) is 2. The lowest BCUT2D eigenvalue weighted by atomic mass is 9.92. The van der Waals surface area contributed by atoms with Crippen LogP contribution in [0.3, 0.4) is 0 Å². The van der Waals surface area contributed by atoms with Crippen LogP contribution in [0.25, 0.3) is 0 Å². The average molecular weight is 186 g/mol. The Morgan fingerprint density at radius 1 is 1.31 bits per heavy atom. The van der Waals surface area contributed by atoms with Crippen molar-refractivity contribution in [1.29, 1.82) is 0 Å². The van der Waals surface area contributed by atoms with E-state index >= 15 is 0 Å². The monoisotopic (exact) mass is 186 g/mol. The van der Waals surface area contributed by atoms with Crippen molar-refractivity contribution in [3.05, 3.63) is 12.2 Å². The third kappa shape index (κ3) is 5.90. The van der Waals surface area contributed by atoms with Crippen LogP contribution in [0.4, 0.5) is 0 Å². The van der Waals surface area contributed by atoms with E-state index in [2.05, 4.69) is 0 Å². The van der Waals surface area contributed by atoms with Crippen LogP contribution in [0.15, 0.2) is 12.2 Å². The molecule has 0 aliphatic rings. The second-order valence-electron chi connectivity index (χ2n) is 3.20. The minimum absolute atomic E-state index is 0.0263. The fraction of sp³-hybridized carbons (Fsp3) is 0.556. The first-order chi connectivity index (χ1) is 5.93. The normalized spacial score (nSPS) is 13.5. The maximum absolute atomic E-state index is 10.4. The molecule has 0 spiro atoms. The third-order valence-corrected chi connectivity index (χ3v) is 1.75. The molecule has 0 amide bonds. The summed E-state index contributed by atoms with van der Waals surface area (Å²) in [5.41, 5.74) is 0. The van der Waals surface area contributed by atoms with E-state index in [-0.39, 0.29) is 18.3 Å². The Morgan fingerprint density at radius 3 is 2.15 bits per heavy atom. The molecule has 1 atom stereocenters. The van der Waals surface area contributed by atoms with Crippen molar-refractivity contribution in [2.24, 2.45) is 11.8 Å². The molecular formula is C9H14O4. The van der Waals surface area contributed by atoms with E-state index in [1.54, 1.807) is 0 Å². The molecule has 74 valence electrons. The Balaban J connectivity index is 4.26. The van der Waals surface area contributed by atoms with Gasteiger partial charge in [-0.1, -0.05) is 19.9 Å². The maximum atomic E-state index is 10.4. The van der Waals surface area contributed by atoms with Crippen LogP contribution in [0, 0.1) is 11.8 Å². The van der Waals surface area contributed by atoms with Crippen LogP contribution in [0.5, 0.6) is 0 Å². The summed E-state index contributed by atoms with van der Waals surface area (Å²) in [5.74, 6) is -2.04. The molecule has 4 heteroatoms. The van der Waals surface area contributed by atoms with Crippen LogP contribution in [0.1, 0.15) is 20.3 Å². The lowest BCUT2D eigenvalue weighted by Crippen LogP contribution is -2.11. The van der Waals surface area contributed by atoms with E-state index in [4.69, 9.17) is 10.2 Å². The van der Waals surface area contributed by atoms with E-state index in [1.165, 1.54) is 6.08 Å². The molecular weight excluding hydrogens is 172 g/mol. The molecule has 13 heavy (non-hydrogen) atoms. The quantitative estimate of drug-likeness (QED) is 0.636. The number of carboxylic acids is 2. The fourth-order valence-electron chi connectivity index (χ4n) is 0.934. The van der Waals surface area contributed by atoms with E-state index in [0.717, 1.165) is 6.08 Å². The summed E-state index contributed by atoms with van der Waals surface area (Å²) in [5, 5.41) is 16.9. The first kappa shape index (κ1) is 11.7. The van der Waals surface area contributed by atoms with Crippen LogP contribution >= 0.6 is 0 Å². The van der Waals surface area contributed by atoms with Gasteiger partial charge in [-0.2, -0.15) is 0 Å². The summed E-state index contributed by atoms with van der Waals surface area (Å²) in [6.45, 7) is 3.72. The second kappa shape index (κ2) is 5.35. The van der Waals surface area contributed by atoms with Gasteiger partial charge in [0.05, 0.1) is 6.42 Å². The topological polar surface area (TPSA) is 74.6 Å². The smallest absolute Gasteiger partial charge is 0.327 e. The largest absolute Gasteiger partial charge is 0.481 e. The highest BCUT2D eigenvalue weighted by Gasteiger charge is 2.13. The second-order valence-corrected chi connectivity index (χ2v) is 3.20. The number of rotatable bonds is 5. The van der Waals surface area contributed by atoms with E-state index < -0.39 is 11.9 Å². The minimum atomic E-state index is -1.05. The molecule has 0 fully saturated rings. The van der Waals surface area contributed by atoms with Gasteiger partial charge in [-0.15, -0.1) is 0 Å². The van der Waals surface area contributed by atoms with Gasteiger partial charge in [0.2, 0.25) is 0 Å². The van der Waals surface area contributed by atoms with Gasteiger partial charge in [0.15, 0.2) is 0 Å². The number of carbonyl (C=O) groups is 2. The molecule has 0 heterocycles. The van der Waals surface area contributed by atoms with Gasteiger partial charge >= 0.3 is 11.9 Å². The average Bonchev–Trinajstić information content (AvgIpc) is 1.96. The van der Waals surface area contributed by atoms with Crippen molar-refractivity contribution in [3.8, 4) is 0 Å². The Hall–Kier alpha value is -1.32. The van der Waals surface area contributed by atoms with E-state index in [0.29, 0.717) is 0 Å². The van der Waals surface area contributed by atoms with Crippen molar-refractivity contribution in [2.75, 3.05) is 0 Å². The Kier molecular flexibility index (Phi) is 4.80. The summed E-state index contributed by atoms with van der Waals surface area (Å²) < 4.78 is 0. The van der Waals surface area contributed by atoms with Gasteiger partial charge in [-0.05, 0) is 11.8 Å². The lowest BCUT2D eigenvalue weighted by Gasteiger charge is -2.13. The molecule has 0 rings (SSSR count). The Morgan fingerprint density at radius 2 is 1.85 bits per heavy atom. The predicted octanol–water partition coefficient (Wildman–Crippen LogP) is 1.37. The summed E-state index contributed by atoms with van der Waals surface area (Å²) in [6, 6.07) is 0. The molecule has 0 radical (unpaired) electrons. The molecule has 4 nitrogen and oxygen atoms in total. The Bertz CT molecular complexity index is 218. The molecule has 0 aromatic heterocycles. The molecule has 0 aromatic carbocycles. The highest BCUT2D eigenvalue weighted by molar-refractivity contribution is 5.79. The van der Waals surface area contributed by atoms with Crippen molar-refractivity contribution in [3.63, 3.8) is 0 Å². The van der Waals surface area contributed by atoms with E-state index in [9.17, 15) is 9.59 Å². The van der Waals surface area contributed by atoms with Gasteiger partial charge in [-0.25, -0.2) is 4.79 Å². The van der Waals surface area contributed by atoms with Gasteiger partial charge in [0.25, 0.3) is 0 Å². The zero-order valence-electron chi connectivity index (χ0n) is 7.73. The molecule has 0 saturated carbocycles. The van der Waals surface area contributed by atoms with Crippen LogP contribution in [-0.4, -0.2) is 22.2 Å². The SMILES string of the molecule is CC(C)C(/C=C/C(=O)O)CC(=O)O. The molecule has 0 bridgehead atoms. The molecule has 2 N–H and O–H groups in total. The number of carboxylic acid groups (broad SMARTS) is 2. The van der Waals surface area contributed by atoms with Crippen LogP contribution < -0.4 is 0 Å². The third-order valence-electron chi connectivity index (χ3n) is 1.75. The molecule has 0 aliphatic heterocycles. The molecule has 0 aromatic rings. The summed E-state index contributed by atoms with van der Waals surface area (Å²) in [4.78, 5) is 20.6. The maximum Gasteiger partial charge on any atom is 0.327 e. The first-order valence-corrected chi connectivity index (χ1v) is 4.06. The minimum Gasteiger partial charge on any atom is -0.481 e. The highest BCUT2D eigenvalue weighted by atomic mass is 16.4. The summed E-state index contributed by atoms with van der Waals surface area (Å²) in [6.07, 6.45) is 2.40. The van der Waals surface area contributed by atoms with Crippen molar-refractivity contribution in [2.45, 2.75) is 20.3 Å². The fourth-order valence-corrected chi connectivity index (χ4v) is 0.934. The van der Waals surface area contributed by atoms with Gasteiger partial charge in [-0.3, -0.25) is 4.79 Å². The zero-order chi connectivity index (χ0) is 10.4. The lowest BCUT2D eigenvalue weighted by molar-refractivity contribution is -0.138. The first-order valence-electron chi connectivity index (χ1n) is 4.06. The van der Waals surface area contributed by atoms with Crippen molar-refractivity contribution in [1.82, 2.24) is 0 Å². The number of hydrogen-bond acceptors (Lipinski definition) is 2. The van der Waals surface area contributed by atoms with Crippen LogP contribution in [0.2, 0.25) is 0 Å². The summed E-state index contributed by atoms with van der Waals surface area (Å²) in [7, 11) is 0. The number of allylic oxidation sites excluding steroid dienone is 1. The van der Waals surface area contributed by atoms with Gasteiger partial charge in [0.1, 0.15) is 0 Å². The molecule has 0 aliphatic carbocycles. The van der Waals surface area contributed by atoms with Gasteiger partial charge in [0, 0.05) is 6.08 Å². The zero-order valence-corrected chi connectivity index (χ0v) is 7.73. The van der Waals surface area contributed by atoms with Gasteiger partial charge < -0.3 is 10.2 Å². The molecule has 1 unspecified atom stereocenters. The highest BCUT2D eigenvalue weighted by Crippen LogP contribution is 2.16.